The number of hydrogen-bond donors (Lipinski definition) is 3. The second-order valence-corrected chi connectivity index (χ2v) is 9.70. The lowest BCUT2D eigenvalue weighted by atomic mass is 9.76. The number of H-pyrrole nitrogens is 1. The van der Waals surface area contributed by atoms with Gasteiger partial charge < -0.3 is 16.0 Å². The Morgan fingerprint density at radius 2 is 1.97 bits per heavy atom. The van der Waals surface area contributed by atoms with Crippen LogP contribution in [0, 0.1) is 5.92 Å². The normalized spacial score (nSPS) is 22.3. The van der Waals surface area contributed by atoms with Crippen LogP contribution in [-0.2, 0) is 4.79 Å². The topological polar surface area (TPSA) is 99.9 Å². The van der Waals surface area contributed by atoms with Crippen LogP contribution >= 0.6 is 11.6 Å². The van der Waals surface area contributed by atoms with Crippen LogP contribution in [0.3, 0.4) is 0 Å². The lowest BCUT2D eigenvalue weighted by Gasteiger charge is -2.47. The predicted molar refractivity (Wildman–Crippen MR) is 116 cm³/mol. The van der Waals surface area contributed by atoms with Crippen LogP contribution in [0.4, 0.5) is 11.8 Å². The molecular formula is C21H27ClN6O. The van der Waals surface area contributed by atoms with Gasteiger partial charge in [-0.15, -0.1) is 0 Å². The highest BCUT2D eigenvalue weighted by atomic mass is 35.5. The summed E-state index contributed by atoms with van der Waals surface area (Å²) in [6, 6.07) is 3.78. The van der Waals surface area contributed by atoms with E-state index in [1.807, 2.05) is 18.3 Å². The summed E-state index contributed by atoms with van der Waals surface area (Å²) in [5.74, 6) is 0.765. The first-order valence-electron chi connectivity index (χ1n) is 9.84. The van der Waals surface area contributed by atoms with Gasteiger partial charge in [0.15, 0.2) is 5.82 Å². The van der Waals surface area contributed by atoms with E-state index >= 15 is 0 Å². The third-order valence-electron chi connectivity index (χ3n) is 5.50. The van der Waals surface area contributed by atoms with E-state index in [1.54, 1.807) is 11.0 Å². The van der Waals surface area contributed by atoms with Crippen LogP contribution in [0.1, 0.15) is 51.8 Å². The number of aromatic amines is 1. The summed E-state index contributed by atoms with van der Waals surface area (Å²) in [5.41, 5.74) is 7.69. The molecule has 2 aliphatic heterocycles. The fraction of sp³-hybridized carbons (Fsp3) is 0.476. The van der Waals surface area contributed by atoms with E-state index in [4.69, 9.17) is 17.3 Å². The largest absolute Gasteiger partial charge is 0.368 e. The van der Waals surface area contributed by atoms with Gasteiger partial charge in [0.1, 0.15) is 5.15 Å². The van der Waals surface area contributed by atoms with Gasteiger partial charge in [-0.1, -0.05) is 11.6 Å². The molecule has 4 rings (SSSR count). The van der Waals surface area contributed by atoms with E-state index < -0.39 is 0 Å². The number of halogens is 1. The van der Waals surface area contributed by atoms with Gasteiger partial charge in [-0.3, -0.25) is 9.69 Å². The Morgan fingerprint density at radius 1 is 1.28 bits per heavy atom. The molecule has 154 valence electrons. The standard InChI is InChI=1S/C21H27ClN6O/c1-20(2)9-12(10-21(3,4)27-20)11-28-17-15(16(22)25-19(23)26-17)14(18(28)29)8-13-6-5-7-24-13/h5-8,12,24,27H,9-11H2,1-4H3,(H2,23,25,26)/b14-8+. The number of carbonyl (C=O) groups excluding carboxylic acids is 1. The molecule has 0 spiro atoms. The minimum atomic E-state index is -0.120. The van der Waals surface area contributed by atoms with Crippen molar-refractivity contribution in [1.29, 1.82) is 0 Å². The zero-order chi connectivity index (χ0) is 21.0. The lowest BCUT2D eigenvalue weighted by molar-refractivity contribution is -0.113. The Bertz CT molecular complexity index is 963. The SMILES string of the molecule is CC1(C)CC(CN2C(=O)/C(=C/c3ccc[nH]3)c3c(Cl)nc(N)nc32)CC(C)(C)N1. The second-order valence-electron chi connectivity index (χ2n) is 9.34. The number of nitrogens with zero attached hydrogens (tertiary/aromatic N) is 3. The lowest BCUT2D eigenvalue weighted by Crippen LogP contribution is -2.59. The summed E-state index contributed by atoms with van der Waals surface area (Å²) >= 11 is 6.40. The summed E-state index contributed by atoms with van der Waals surface area (Å²) in [4.78, 5) is 26.7. The molecule has 4 N–H and O–H groups in total. The van der Waals surface area contributed by atoms with Crippen molar-refractivity contribution in [2.24, 2.45) is 5.92 Å². The fourth-order valence-corrected chi connectivity index (χ4v) is 5.30. The number of fused-ring (bicyclic) bond motifs is 1. The molecule has 2 aromatic heterocycles. The summed E-state index contributed by atoms with van der Waals surface area (Å²) in [6.07, 6.45) is 5.52. The molecule has 8 heteroatoms. The molecule has 0 atom stereocenters. The molecule has 1 amide bonds. The van der Waals surface area contributed by atoms with E-state index in [1.165, 1.54) is 0 Å². The van der Waals surface area contributed by atoms with Crippen molar-refractivity contribution in [1.82, 2.24) is 20.3 Å². The molecule has 0 bridgehead atoms. The van der Waals surface area contributed by atoms with Crippen LogP contribution in [0.2, 0.25) is 5.15 Å². The van der Waals surface area contributed by atoms with E-state index in [0.29, 0.717) is 29.4 Å². The van der Waals surface area contributed by atoms with Gasteiger partial charge in [0, 0.05) is 29.5 Å². The van der Waals surface area contributed by atoms with Crippen molar-refractivity contribution in [2.75, 3.05) is 17.2 Å². The number of carbonyl (C=O) groups is 1. The quantitative estimate of drug-likeness (QED) is 0.527. The van der Waals surface area contributed by atoms with Crippen molar-refractivity contribution >= 4 is 40.9 Å². The Hall–Kier alpha value is -2.38. The monoisotopic (exact) mass is 414 g/mol. The zero-order valence-corrected chi connectivity index (χ0v) is 18.0. The van der Waals surface area contributed by atoms with Crippen LogP contribution in [0.15, 0.2) is 18.3 Å². The summed E-state index contributed by atoms with van der Waals surface area (Å²) in [5, 5.41) is 3.89. The molecular weight excluding hydrogens is 388 g/mol. The van der Waals surface area contributed by atoms with Crippen LogP contribution in [0.25, 0.3) is 11.6 Å². The van der Waals surface area contributed by atoms with Gasteiger partial charge in [-0.05, 0) is 64.7 Å². The van der Waals surface area contributed by atoms with Gasteiger partial charge in [0.05, 0.1) is 11.1 Å². The zero-order valence-electron chi connectivity index (χ0n) is 17.2. The average Bonchev–Trinajstić information content (AvgIpc) is 3.15. The van der Waals surface area contributed by atoms with Crippen molar-refractivity contribution in [3.05, 3.63) is 34.7 Å². The Kier molecular flexibility index (Phi) is 4.70. The molecule has 2 aliphatic rings. The third-order valence-corrected chi connectivity index (χ3v) is 5.77. The summed E-state index contributed by atoms with van der Waals surface area (Å²) in [7, 11) is 0. The molecule has 29 heavy (non-hydrogen) atoms. The number of amides is 1. The van der Waals surface area contributed by atoms with Crippen LogP contribution in [0.5, 0.6) is 0 Å². The van der Waals surface area contributed by atoms with Gasteiger partial charge in [0.2, 0.25) is 5.95 Å². The molecule has 0 aromatic carbocycles. The Morgan fingerprint density at radius 3 is 2.59 bits per heavy atom. The molecule has 0 aliphatic carbocycles. The van der Waals surface area contributed by atoms with Gasteiger partial charge >= 0.3 is 0 Å². The Balaban J connectivity index is 1.73. The van der Waals surface area contributed by atoms with Crippen LogP contribution < -0.4 is 16.0 Å². The van der Waals surface area contributed by atoms with Gasteiger partial charge in [0.25, 0.3) is 5.91 Å². The molecule has 0 unspecified atom stereocenters. The first kappa shape index (κ1) is 19.9. The number of rotatable bonds is 3. The number of piperidine rings is 1. The van der Waals surface area contributed by atoms with E-state index in [9.17, 15) is 4.79 Å². The van der Waals surface area contributed by atoms with E-state index in [2.05, 4.69) is 48.0 Å². The summed E-state index contributed by atoms with van der Waals surface area (Å²) < 4.78 is 0. The number of nitrogens with one attached hydrogen (secondary N) is 2. The van der Waals surface area contributed by atoms with E-state index in [-0.39, 0.29) is 28.1 Å². The van der Waals surface area contributed by atoms with Crippen molar-refractivity contribution < 1.29 is 4.79 Å². The van der Waals surface area contributed by atoms with Crippen LogP contribution in [-0.4, -0.2) is 38.5 Å². The molecule has 4 heterocycles. The maximum atomic E-state index is 13.4. The summed E-state index contributed by atoms with van der Waals surface area (Å²) in [6.45, 7) is 9.38. The molecule has 0 radical (unpaired) electrons. The van der Waals surface area contributed by atoms with Crippen molar-refractivity contribution in [3.8, 4) is 0 Å². The highest BCUT2D eigenvalue weighted by Crippen LogP contribution is 2.42. The third kappa shape index (κ3) is 3.89. The van der Waals surface area contributed by atoms with E-state index in [0.717, 1.165) is 18.5 Å². The molecule has 1 fully saturated rings. The average molecular weight is 415 g/mol. The van der Waals surface area contributed by atoms with Gasteiger partial charge in [-0.2, -0.15) is 4.98 Å². The van der Waals surface area contributed by atoms with Crippen molar-refractivity contribution in [2.45, 2.75) is 51.6 Å². The number of nitrogen functional groups attached to an aromatic ring is 1. The molecule has 1 saturated heterocycles. The maximum Gasteiger partial charge on any atom is 0.260 e. The maximum absolute atomic E-state index is 13.4. The first-order chi connectivity index (χ1) is 13.5. The molecule has 7 nitrogen and oxygen atoms in total. The fourth-order valence-electron chi connectivity index (χ4n) is 5.03. The smallest absolute Gasteiger partial charge is 0.260 e. The minimum Gasteiger partial charge on any atom is -0.368 e. The number of hydrogen-bond acceptors (Lipinski definition) is 5. The van der Waals surface area contributed by atoms with Crippen molar-refractivity contribution in [3.63, 3.8) is 0 Å². The highest BCUT2D eigenvalue weighted by molar-refractivity contribution is 6.41. The minimum absolute atomic E-state index is 0.0106. The Labute approximate surface area is 175 Å². The molecule has 2 aromatic rings. The number of anilines is 2. The first-order valence-corrected chi connectivity index (χ1v) is 10.2. The number of nitrogens with two attached hydrogens (primary N) is 1. The van der Waals surface area contributed by atoms with Gasteiger partial charge in [-0.25, -0.2) is 4.98 Å². The molecule has 0 saturated carbocycles. The highest BCUT2D eigenvalue weighted by Gasteiger charge is 2.42. The predicted octanol–water partition coefficient (Wildman–Crippen LogP) is 3.48. The second kappa shape index (κ2) is 6.85. The number of aromatic nitrogens is 3.